The van der Waals surface area contributed by atoms with Crippen LogP contribution in [0.3, 0.4) is 0 Å². The maximum absolute atomic E-state index is 12.6. The molecule has 0 unspecified atom stereocenters. The molecule has 9 aromatic rings. The predicted molar refractivity (Wildman–Crippen MR) is 416 cm³/mol. The van der Waals surface area contributed by atoms with Crippen LogP contribution < -0.4 is 20.7 Å². The molecule has 9 rings (SSSR count). The van der Waals surface area contributed by atoms with E-state index >= 15 is 0 Å². The SMILES string of the molecule is C.Cc1cc(N=Nc2c(C)c(C#N)c3nc4ccccc4n3c2O)c(OCCCS(=O)(=O)O)cc1N=Nc1cc(C)c(N=Nc2cc(Nc3nc(NCCS(=O)(=O)O)nc(Nc4cccc(S(=O)(=O)O)c4)n3)c(N=Nc3ccc([N+](=O)[O-])cc3S(=O)(=O)O)cc2SCCCS(=O)(=O)O)cc1SCCCS(=O)(=O)O.O=S(=O)=O.O=S(=O)=O. The van der Waals surface area contributed by atoms with Crippen LogP contribution in [0.1, 0.15) is 48.9 Å². The van der Waals surface area contributed by atoms with Crippen LogP contribution in [0.15, 0.2) is 164 Å². The molecule has 0 aliphatic rings. The van der Waals surface area contributed by atoms with Gasteiger partial charge in [0.1, 0.15) is 45.0 Å². The highest BCUT2D eigenvalue weighted by atomic mass is 32.2. The molecule has 116 heavy (non-hydrogen) atoms. The molecule has 0 aliphatic heterocycles. The number of fused-ring (bicyclic) bond motifs is 3. The summed E-state index contributed by atoms with van der Waals surface area (Å²) >= 11 is 1.96. The Bertz CT molecular complexity index is 6400. The van der Waals surface area contributed by atoms with Gasteiger partial charge in [-0.2, -0.15) is 80.9 Å². The van der Waals surface area contributed by atoms with E-state index in [-0.39, 0.29) is 128 Å². The molecule has 0 amide bonds. The van der Waals surface area contributed by atoms with Crippen LogP contribution in [-0.4, -0.2) is 185 Å². The van der Waals surface area contributed by atoms with Crippen LogP contribution in [0, 0.1) is 42.2 Å². The van der Waals surface area contributed by atoms with E-state index in [9.17, 15) is 98.3 Å². The molecule has 0 aliphatic carbocycles. The van der Waals surface area contributed by atoms with Crippen molar-refractivity contribution in [2.75, 3.05) is 63.6 Å². The minimum absolute atomic E-state index is 0. The molecule has 3 aromatic heterocycles. The standard InChI is InChI=1S/C59H58N18O22S8.CH4.2O3S/c1-33-24-46(72-75-54-35(3)39(32-60)55-63-40-12-4-5-13-49(40)76(55)56(54)78)50(99-17-7-20-102(81,82)83)29-42(33)69-73-47-25-34(2)43(30-51(47)100-18-8-21-103(84,85)86)70-74-48-28-44(64-59-66-57(61-16-23-105(90,91)92)65-58(67-59)62-36-10-6-11-38(26-36)106(93,94)95)45(31-52(48)101-19-9-22-104(87,88)89)71-68-41-15-14-37(77(79)80)27-53(41)107(96,97)98;;2*1-4(2)3/h4-6,10-15,24-31,78H,7-9,16-23H2,1-3H3,(H,81,82,83)(H,84,85,86)(H,87,88,89)(H,90,91,92)(H,93,94,95)(H,96,97,98)(H3,61,62,64,65,66,67);1H4;;. The van der Waals surface area contributed by atoms with Crippen molar-refractivity contribution in [2.24, 2.45) is 40.9 Å². The minimum atomic E-state index is -5.27. The number of thioether (sulfide) groups is 2. The molecule has 0 fully saturated rings. The summed E-state index contributed by atoms with van der Waals surface area (Å²) in [6.45, 7) is 3.92. The van der Waals surface area contributed by atoms with Gasteiger partial charge in [-0.05, 0) is 129 Å². The number of aromatic nitrogens is 5. The molecule has 3 heterocycles. The number of para-hydroxylation sites is 2. The number of non-ortho nitro benzene ring substituents is 1. The molecule has 0 saturated carbocycles. The highest BCUT2D eigenvalue weighted by molar-refractivity contribution is 7.99. The van der Waals surface area contributed by atoms with Gasteiger partial charge in [0, 0.05) is 45.8 Å². The summed E-state index contributed by atoms with van der Waals surface area (Å²) in [5, 5.41) is 76.9. The second-order valence-corrected chi connectivity index (χ2v) is 35.1. The number of pyridine rings is 1. The molecule has 0 atom stereocenters. The number of nitro benzene ring substituents is 1. The number of benzene rings is 6. The minimum Gasteiger partial charge on any atom is -0.493 e. The van der Waals surface area contributed by atoms with E-state index in [1.807, 2.05) is 0 Å². The van der Waals surface area contributed by atoms with E-state index < -0.39 is 161 Å². The zero-order valence-corrected chi connectivity index (χ0v) is 66.8. The summed E-state index contributed by atoms with van der Waals surface area (Å²) in [6.07, 6.45) is -0.489. The molecule has 0 spiro atoms. The number of nitriles is 1. The number of nitro groups is 1. The number of ether oxygens (including phenoxy) is 1. The lowest BCUT2D eigenvalue weighted by atomic mass is 10.1. The number of hydrogen-bond donors (Lipinski definition) is 10. The third kappa shape index (κ3) is 29.1. The monoisotopic (exact) mass is 1800 g/mol. The zero-order valence-electron chi connectivity index (χ0n) is 58.6. The summed E-state index contributed by atoms with van der Waals surface area (Å²) in [7, 11) is -34.2. The Morgan fingerprint density at radius 1 is 0.552 bits per heavy atom. The van der Waals surface area contributed by atoms with Gasteiger partial charge in [-0.3, -0.25) is 41.8 Å². The van der Waals surface area contributed by atoms with E-state index in [0.717, 1.165) is 47.8 Å². The summed E-state index contributed by atoms with van der Waals surface area (Å²) in [5.41, 5.74) is 0.316. The van der Waals surface area contributed by atoms with E-state index in [2.05, 4.69) is 82.9 Å². The third-order valence-corrected chi connectivity index (χ3v) is 21.6. The molecule has 620 valence electrons. The Hall–Kier alpha value is -11.0. The average Bonchev–Trinajstić information content (AvgIpc) is 1.60. The van der Waals surface area contributed by atoms with Gasteiger partial charge >= 0.3 is 21.2 Å². The first-order valence-electron chi connectivity index (χ1n) is 31.4. The average molecular weight is 1800 g/mol. The molecule has 0 saturated heterocycles. The number of rotatable bonds is 34. The van der Waals surface area contributed by atoms with E-state index in [4.69, 9.17) is 30.0 Å². The van der Waals surface area contributed by atoms with Gasteiger partial charge in [0.2, 0.25) is 23.7 Å². The number of imidazole rings is 1. The molecule has 10 N–H and O–H groups in total. The van der Waals surface area contributed by atoms with Crippen molar-refractivity contribution >= 4 is 203 Å². The maximum Gasteiger partial charge on any atom is 0.425 e. The second-order valence-electron chi connectivity index (χ2n) is 22.9. The molecule has 46 nitrogen and oxygen atoms in total. The number of hydrogen-bond acceptors (Lipinski definition) is 40. The zero-order chi connectivity index (χ0) is 85.1. The second kappa shape index (κ2) is 40.5. The Labute approximate surface area is 670 Å². The fourth-order valence-electron chi connectivity index (χ4n) is 9.53. The Balaban J connectivity index is 0.00000222. The van der Waals surface area contributed by atoms with E-state index in [1.165, 1.54) is 52.9 Å². The van der Waals surface area contributed by atoms with Crippen LogP contribution in [-0.2, 0) is 81.9 Å². The first-order chi connectivity index (χ1) is 53.6. The quantitative estimate of drug-likeness (QED) is 0.00447. The molecule has 0 bridgehead atoms. The van der Waals surface area contributed by atoms with Gasteiger partial charge < -0.3 is 25.8 Å². The van der Waals surface area contributed by atoms with Crippen LogP contribution in [0.2, 0.25) is 0 Å². The van der Waals surface area contributed by atoms with Gasteiger partial charge in [0.15, 0.2) is 11.3 Å². The van der Waals surface area contributed by atoms with Crippen LogP contribution in [0.25, 0.3) is 16.7 Å². The summed E-state index contributed by atoms with van der Waals surface area (Å²) in [4.78, 5) is 26.8. The van der Waals surface area contributed by atoms with Crippen molar-refractivity contribution in [1.29, 1.82) is 5.26 Å². The van der Waals surface area contributed by atoms with Crippen LogP contribution in [0.5, 0.6) is 11.6 Å². The lowest BCUT2D eigenvalue weighted by Crippen LogP contribution is -2.17. The molecular weight excluding hydrogens is 1740 g/mol. The normalized spacial score (nSPS) is 12.1. The van der Waals surface area contributed by atoms with Crippen LogP contribution >= 0.6 is 23.5 Å². The van der Waals surface area contributed by atoms with Crippen molar-refractivity contribution in [3.8, 4) is 17.7 Å². The van der Waals surface area contributed by atoms with Gasteiger partial charge in [-0.25, -0.2) is 4.98 Å². The van der Waals surface area contributed by atoms with Gasteiger partial charge in [-0.1, -0.05) is 25.6 Å². The smallest absolute Gasteiger partial charge is 0.425 e. The number of aromatic hydroxyl groups is 1. The number of azo groups is 4. The van der Waals surface area contributed by atoms with Crippen molar-refractivity contribution in [2.45, 2.75) is 67.0 Å². The van der Waals surface area contributed by atoms with Crippen molar-refractivity contribution in [1.82, 2.24) is 24.3 Å². The maximum atomic E-state index is 12.6. The van der Waals surface area contributed by atoms with Crippen molar-refractivity contribution in [3.05, 3.63) is 135 Å². The first-order valence-corrected chi connectivity index (χ1v) is 44.7. The Kier molecular flexibility index (Phi) is 32.8. The summed E-state index contributed by atoms with van der Waals surface area (Å²) < 4.78 is 260. The fraction of sp³-hybridized carbons (Fsp3) is 0.250. The lowest BCUT2D eigenvalue weighted by molar-refractivity contribution is -0.385. The van der Waals surface area contributed by atoms with Gasteiger partial charge in [0.25, 0.3) is 66.4 Å². The molecule has 56 heteroatoms. The number of nitrogens with zero attached hydrogens (tertiary/aromatic N) is 15. The summed E-state index contributed by atoms with van der Waals surface area (Å²) in [5.74, 6) is -4.74. The first kappa shape index (κ1) is 93.8. The largest absolute Gasteiger partial charge is 0.493 e. The number of nitrogens with one attached hydrogen (secondary N) is 3. The number of aryl methyl sites for hydroxylation is 2. The Morgan fingerprint density at radius 2 is 1.05 bits per heavy atom. The van der Waals surface area contributed by atoms with E-state index in [1.54, 1.807) is 45.0 Å². The Morgan fingerprint density at radius 3 is 1.61 bits per heavy atom. The summed E-state index contributed by atoms with van der Waals surface area (Å²) in [6, 6.07) is 24.2. The van der Waals surface area contributed by atoms with E-state index in [0.29, 0.717) is 28.2 Å². The van der Waals surface area contributed by atoms with Crippen molar-refractivity contribution in [3.63, 3.8) is 0 Å². The third-order valence-electron chi connectivity index (χ3n) is 14.5. The predicted octanol–water partition coefficient (Wildman–Crippen LogP) is 11.0. The molecule has 6 aromatic carbocycles. The van der Waals surface area contributed by atoms with Gasteiger partial charge in [0.05, 0.1) is 73.2 Å². The lowest BCUT2D eigenvalue weighted by Gasteiger charge is -2.14. The topological polar surface area (TPSA) is 716 Å². The van der Waals surface area contributed by atoms with Gasteiger partial charge in [-0.15, -0.1) is 79.5 Å². The number of anilines is 5. The molecular formula is C60H62N18O28S10. The fourth-order valence-corrected chi connectivity index (χ4v) is 14.8. The highest BCUT2D eigenvalue weighted by Crippen LogP contribution is 2.46. The highest BCUT2D eigenvalue weighted by Gasteiger charge is 2.25. The molecule has 0 radical (unpaired) electrons. The van der Waals surface area contributed by atoms with Crippen molar-refractivity contribution < 1.29 is 118 Å². The van der Waals surface area contributed by atoms with Crippen LogP contribution in [0.4, 0.5) is 80.4 Å².